The van der Waals surface area contributed by atoms with Crippen molar-refractivity contribution in [3.8, 4) is 0 Å². The molecule has 0 aromatic carbocycles. The normalized spacial score (nSPS) is 11.0. The molecule has 0 saturated carbocycles. The summed E-state index contributed by atoms with van der Waals surface area (Å²) >= 11 is 0. The van der Waals surface area contributed by atoms with Crippen LogP contribution in [0.15, 0.2) is 41.3 Å². The minimum absolute atomic E-state index is 0.0418. The number of anilines is 1. The van der Waals surface area contributed by atoms with E-state index in [0.29, 0.717) is 12.3 Å². The average molecular weight is 378 g/mol. The Morgan fingerprint density at radius 1 is 1.30 bits per heavy atom. The largest absolute Gasteiger partial charge is 0.467 e. The zero-order chi connectivity index (χ0) is 19.4. The van der Waals surface area contributed by atoms with E-state index in [1.165, 1.54) is 17.1 Å². The summed E-state index contributed by atoms with van der Waals surface area (Å²) < 4.78 is 32.7. The molecule has 0 unspecified atom stereocenters. The van der Waals surface area contributed by atoms with E-state index >= 15 is 0 Å². The molecule has 142 valence electrons. The minimum atomic E-state index is -2.96. The van der Waals surface area contributed by atoms with E-state index in [4.69, 9.17) is 4.42 Å². The molecule has 11 heteroatoms. The van der Waals surface area contributed by atoms with Gasteiger partial charge in [-0.2, -0.15) is 23.7 Å². The van der Waals surface area contributed by atoms with Crippen molar-refractivity contribution in [3.05, 3.63) is 54.0 Å². The first-order valence-corrected chi connectivity index (χ1v) is 8.00. The molecule has 0 radical (unpaired) electrons. The first-order valence-electron chi connectivity index (χ1n) is 8.00. The van der Waals surface area contributed by atoms with E-state index in [-0.39, 0.29) is 28.3 Å². The molecular formula is C16H16F2N6O3. The van der Waals surface area contributed by atoms with Gasteiger partial charge in [0.1, 0.15) is 11.5 Å². The maximum Gasteiger partial charge on any atom is 0.333 e. The minimum Gasteiger partial charge on any atom is -0.467 e. The van der Waals surface area contributed by atoms with Gasteiger partial charge in [-0.1, -0.05) is 0 Å². The lowest BCUT2D eigenvalue weighted by Crippen LogP contribution is -2.25. The van der Waals surface area contributed by atoms with Crippen molar-refractivity contribution in [2.24, 2.45) is 0 Å². The molecule has 3 aromatic heterocycles. The molecule has 27 heavy (non-hydrogen) atoms. The number of carbonyl (C=O) groups is 2. The van der Waals surface area contributed by atoms with E-state index in [2.05, 4.69) is 20.8 Å². The smallest absolute Gasteiger partial charge is 0.333 e. The van der Waals surface area contributed by atoms with E-state index in [1.807, 2.05) is 0 Å². The van der Waals surface area contributed by atoms with Gasteiger partial charge in [-0.3, -0.25) is 14.3 Å². The maximum atomic E-state index is 12.9. The summed E-state index contributed by atoms with van der Waals surface area (Å²) in [4.78, 5) is 24.7. The Balaban J connectivity index is 1.78. The predicted molar refractivity (Wildman–Crippen MR) is 89.2 cm³/mol. The van der Waals surface area contributed by atoms with Crippen molar-refractivity contribution in [3.63, 3.8) is 0 Å². The molecule has 0 aliphatic rings. The third-order valence-corrected chi connectivity index (χ3v) is 3.64. The van der Waals surface area contributed by atoms with Crippen LogP contribution in [0, 0.1) is 0 Å². The van der Waals surface area contributed by atoms with Crippen LogP contribution < -0.4 is 10.6 Å². The predicted octanol–water partition coefficient (Wildman–Crippen LogP) is 2.27. The number of nitrogens with one attached hydrogen (secondary N) is 2. The van der Waals surface area contributed by atoms with Crippen molar-refractivity contribution in [1.29, 1.82) is 0 Å². The van der Waals surface area contributed by atoms with Crippen LogP contribution >= 0.6 is 0 Å². The second-order valence-corrected chi connectivity index (χ2v) is 5.40. The number of halogens is 2. The molecule has 0 spiro atoms. The summed E-state index contributed by atoms with van der Waals surface area (Å²) in [5.41, 5.74) is -0.281. The number of rotatable bonds is 7. The maximum absolute atomic E-state index is 12.9. The Morgan fingerprint density at radius 3 is 2.78 bits per heavy atom. The van der Waals surface area contributed by atoms with E-state index < -0.39 is 18.4 Å². The molecule has 3 aromatic rings. The van der Waals surface area contributed by atoms with Crippen molar-refractivity contribution in [1.82, 2.24) is 24.9 Å². The van der Waals surface area contributed by atoms with Crippen molar-refractivity contribution < 1.29 is 22.8 Å². The van der Waals surface area contributed by atoms with Crippen LogP contribution in [0.4, 0.5) is 14.5 Å². The first-order chi connectivity index (χ1) is 13.0. The molecular weight excluding hydrogens is 362 g/mol. The van der Waals surface area contributed by atoms with Gasteiger partial charge in [-0.05, 0) is 25.1 Å². The van der Waals surface area contributed by atoms with Gasteiger partial charge in [-0.25, -0.2) is 0 Å². The van der Waals surface area contributed by atoms with Crippen LogP contribution in [0.3, 0.4) is 0 Å². The SMILES string of the molecule is CCn1cc(NC(=O)c2ccnn2C(F)F)c(C(=O)NCc2ccco2)n1. The fourth-order valence-corrected chi connectivity index (χ4v) is 2.34. The molecule has 3 heterocycles. The average Bonchev–Trinajstić information content (AvgIpc) is 3.38. The summed E-state index contributed by atoms with van der Waals surface area (Å²) in [6.45, 7) is -0.579. The molecule has 2 N–H and O–H groups in total. The zero-order valence-corrected chi connectivity index (χ0v) is 14.2. The van der Waals surface area contributed by atoms with E-state index in [0.717, 1.165) is 12.3 Å². The Morgan fingerprint density at radius 2 is 2.11 bits per heavy atom. The van der Waals surface area contributed by atoms with Crippen LogP contribution in [-0.4, -0.2) is 31.4 Å². The molecule has 0 aliphatic heterocycles. The molecule has 3 rings (SSSR count). The molecule has 2 amide bonds. The number of hydrogen-bond donors (Lipinski definition) is 2. The number of amides is 2. The van der Waals surface area contributed by atoms with Gasteiger partial charge < -0.3 is 15.1 Å². The van der Waals surface area contributed by atoms with Gasteiger partial charge in [0, 0.05) is 18.9 Å². The lowest BCUT2D eigenvalue weighted by molar-refractivity contribution is 0.0520. The van der Waals surface area contributed by atoms with Gasteiger partial charge in [-0.15, -0.1) is 0 Å². The molecule has 0 saturated heterocycles. The molecule has 0 aliphatic carbocycles. The van der Waals surface area contributed by atoms with Crippen molar-refractivity contribution in [2.75, 3.05) is 5.32 Å². The number of aromatic nitrogens is 4. The van der Waals surface area contributed by atoms with Crippen LogP contribution in [0.2, 0.25) is 0 Å². The number of nitrogens with zero attached hydrogens (tertiary/aromatic N) is 4. The highest BCUT2D eigenvalue weighted by Crippen LogP contribution is 2.18. The van der Waals surface area contributed by atoms with Crippen molar-refractivity contribution >= 4 is 17.5 Å². The highest BCUT2D eigenvalue weighted by Gasteiger charge is 2.22. The second-order valence-electron chi connectivity index (χ2n) is 5.40. The Bertz CT molecular complexity index is 932. The number of furan rings is 1. The van der Waals surface area contributed by atoms with Crippen LogP contribution in [0.5, 0.6) is 0 Å². The molecule has 0 fully saturated rings. The lowest BCUT2D eigenvalue weighted by Gasteiger charge is -2.07. The zero-order valence-electron chi connectivity index (χ0n) is 14.2. The van der Waals surface area contributed by atoms with E-state index in [9.17, 15) is 18.4 Å². The summed E-state index contributed by atoms with van der Waals surface area (Å²) in [6, 6.07) is 4.53. The quantitative estimate of drug-likeness (QED) is 0.656. The van der Waals surface area contributed by atoms with Crippen LogP contribution in [0.25, 0.3) is 0 Å². The van der Waals surface area contributed by atoms with Gasteiger partial charge in [0.25, 0.3) is 11.8 Å². The Hall–Kier alpha value is -3.50. The summed E-state index contributed by atoms with van der Waals surface area (Å²) in [6.07, 6.45) is 4.02. The number of hydrogen-bond acceptors (Lipinski definition) is 5. The van der Waals surface area contributed by atoms with Gasteiger partial charge >= 0.3 is 6.55 Å². The fraction of sp³-hybridized carbons (Fsp3) is 0.250. The highest BCUT2D eigenvalue weighted by atomic mass is 19.3. The van der Waals surface area contributed by atoms with E-state index in [1.54, 1.807) is 19.1 Å². The fourth-order valence-electron chi connectivity index (χ4n) is 2.34. The second kappa shape index (κ2) is 7.81. The standard InChI is InChI=1S/C16H16F2N6O3/c1-2-23-9-11(21-14(25)12-5-6-20-24(12)16(17)18)13(22-23)15(26)19-8-10-4-3-7-27-10/h3-7,9,16H,2,8H2,1H3,(H,19,26)(H,21,25). The molecule has 9 nitrogen and oxygen atoms in total. The van der Waals surface area contributed by atoms with Crippen LogP contribution in [-0.2, 0) is 13.1 Å². The molecule has 0 bridgehead atoms. The summed E-state index contributed by atoms with van der Waals surface area (Å²) in [5.74, 6) is -0.829. The van der Waals surface area contributed by atoms with Gasteiger partial charge in [0.15, 0.2) is 5.69 Å². The summed E-state index contributed by atoms with van der Waals surface area (Å²) in [7, 11) is 0. The Labute approximate surface area is 151 Å². The third-order valence-electron chi connectivity index (χ3n) is 3.64. The number of alkyl halides is 2. The van der Waals surface area contributed by atoms with Crippen molar-refractivity contribution in [2.45, 2.75) is 26.6 Å². The topological polar surface area (TPSA) is 107 Å². The van der Waals surface area contributed by atoms with Gasteiger partial charge in [0.05, 0.1) is 18.5 Å². The number of aryl methyl sites for hydroxylation is 1. The Kier molecular flexibility index (Phi) is 5.29. The highest BCUT2D eigenvalue weighted by molar-refractivity contribution is 6.07. The molecule has 0 atom stereocenters. The van der Waals surface area contributed by atoms with Crippen LogP contribution in [0.1, 0.15) is 40.2 Å². The number of carbonyl (C=O) groups excluding carboxylic acids is 2. The lowest BCUT2D eigenvalue weighted by atomic mass is 10.3. The van der Waals surface area contributed by atoms with Gasteiger partial charge in [0.2, 0.25) is 0 Å². The summed E-state index contributed by atoms with van der Waals surface area (Å²) in [5, 5.41) is 12.6. The monoisotopic (exact) mass is 378 g/mol. The third kappa shape index (κ3) is 4.02. The first kappa shape index (κ1) is 18.3.